The molecule has 0 amide bonds. The van der Waals surface area contributed by atoms with E-state index in [2.05, 4.69) is 4.98 Å². The Bertz CT molecular complexity index is 882. The highest BCUT2D eigenvalue weighted by molar-refractivity contribution is 6.07. The summed E-state index contributed by atoms with van der Waals surface area (Å²) in [6.07, 6.45) is 8.54. The molecule has 0 spiro atoms. The highest BCUT2D eigenvalue weighted by Crippen LogP contribution is 2.25. The Labute approximate surface area is 146 Å². The molecule has 0 atom stereocenters. The maximum absolute atomic E-state index is 12.4. The van der Waals surface area contributed by atoms with Crippen LogP contribution in [0.1, 0.15) is 15.9 Å². The number of carbonyl (C=O) groups excluding carboxylic acids is 1. The smallest absolute Gasteiger partial charge is 0.185 e. The number of nitrogens with zero attached hydrogens (tertiary/aromatic N) is 2. The molecule has 0 aliphatic rings. The highest BCUT2D eigenvalue weighted by Gasteiger charge is 2.05. The van der Waals surface area contributed by atoms with Gasteiger partial charge in [0.1, 0.15) is 11.5 Å². The number of benzene rings is 2. The fourth-order valence-electron chi connectivity index (χ4n) is 2.44. The van der Waals surface area contributed by atoms with Gasteiger partial charge in [0.2, 0.25) is 0 Å². The zero-order valence-electron chi connectivity index (χ0n) is 14.0. The standard InChI is InChI=1S/C20H18N2O3/c1-24-18-8-10-20(25-2)16(13-18)5-9-19(23)15-3-6-17(7-4-15)22-12-11-21-14-22/h3-14H,1-2H3/b9-5-. The molecule has 0 bridgehead atoms. The van der Waals surface area contributed by atoms with Crippen molar-refractivity contribution in [2.45, 2.75) is 0 Å². The third-order valence-corrected chi connectivity index (χ3v) is 3.81. The van der Waals surface area contributed by atoms with Gasteiger partial charge in [0.05, 0.1) is 20.5 Å². The molecule has 25 heavy (non-hydrogen) atoms. The number of ketones is 1. The lowest BCUT2D eigenvalue weighted by atomic mass is 10.1. The Morgan fingerprint density at radius 3 is 2.52 bits per heavy atom. The molecule has 0 fully saturated rings. The molecule has 2 aromatic carbocycles. The average Bonchev–Trinajstić information content (AvgIpc) is 3.20. The van der Waals surface area contributed by atoms with Crippen molar-refractivity contribution in [1.29, 1.82) is 0 Å². The van der Waals surface area contributed by atoms with Crippen molar-refractivity contribution in [2.24, 2.45) is 0 Å². The van der Waals surface area contributed by atoms with Crippen LogP contribution in [-0.2, 0) is 0 Å². The molecule has 3 rings (SSSR count). The Morgan fingerprint density at radius 1 is 1.08 bits per heavy atom. The third-order valence-electron chi connectivity index (χ3n) is 3.81. The first kappa shape index (κ1) is 16.5. The van der Waals surface area contributed by atoms with E-state index in [1.54, 1.807) is 45.0 Å². The van der Waals surface area contributed by atoms with Crippen molar-refractivity contribution >= 4 is 11.9 Å². The van der Waals surface area contributed by atoms with Gasteiger partial charge in [-0.15, -0.1) is 0 Å². The minimum absolute atomic E-state index is 0.0814. The zero-order valence-corrected chi connectivity index (χ0v) is 14.0. The van der Waals surface area contributed by atoms with Gasteiger partial charge in [0.25, 0.3) is 0 Å². The number of carbonyl (C=O) groups is 1. The van der Waals surface area contributed by atoms with E-state index in [1.807, 2.05) is 41.1 Å². The summed E-state index contributed by atoms with van der Waals surface area (Å²) in [5, 5.41) is 0. The summed E-state index contributed by atoms with van der Waals surface area (Å²) in [6.45, 7) is 0. The molecule has 3 aromatic rings. The van der Waals surface area contributed by atoms with E-state index in [0.717, 1.165) is 11.3 Å². The quantitative estimate of drug-likeness (QED) is 0.508. The number of aromatic nitrogens is 2. The van der Waals surface area contributed by atoms with Gasteiger partial charge >= 0.3 is 0 Å². The lowest BCUT2D eigenvalue weighted by Gasteiger charge is -2.07. The van der Waals surface area contributed by atoms with Crippen LogP contribution in [0.15, 0.2) is 67.3 Å². The first-order valence-electron chi connectivity index (χ1n) is 7.74. The fraction of sp³-hybridized carbons (Fsp3) is 0.100. The van der Waals surface area contributed by atoms with Crippen molar-refractivity contribution in [3.05, 3.63) is 78.4 Å². The predicted octanol–water partition coefficient (Wildman–Crippen LogP) is 3.79. The van der Waals surface area contributed by atoms with Crippen LogP contribution in [-0.4, -0.2) is 29.6 Å². The summed E-state index contributed by atoms with van der Waals surface area (Å²) in [7, 11) is 3.19. The minimum atomic E-state index is -0.0814. The molecule has 1 aromatic heterocycles. The van der Waals surface area contributed by atoms with Gasteiger partial charge in [-0.2, -0.15) is 0 Å². The summed E-state index contributed by atoms with van der Waals surface area (Å²) in [5.74, 6) is 1.31. The van der Waals surface area contributed by atoms with E-state index in [4.69, 9.17) is 9.47 Å². The molecule has 0 aliphatic carbocycles. The first-order valence-corrected chi connectivity index (χ1v) is 7.74. The Morgan fingerprint density at radius 2 is 1.88 bits per heavy atom. The largest absolute Gasteiger partial charge is 0.497 e. The van der Waals surface area contributed by atoms with Gasteiger partial charge in [-0.3, -0.25) is 4.79 Å². The molecular formula is C20H18N2O3. The van der Waals surface area contributed by atoms with Crippen LogP contribution >= 0.6 is 0 Å². The second-order valence-corrected chi connectivity index (χ2v) is 5.32. The molecule has 0 saturated carbocycles. The van der Waals surface area contributed by atoms with E-state index in [9.17, 15) is 4.79 Å². The molecule has 1 heterocycles. The van der Waals surface area contributed by atoms with Crippen LogP contribution < -0.4 is 9.47 Å². The van der Waals surface area contributed by atoms with Crippen LogP contribution in [0.3, 0.4) is 0 Å². The van der Waals surface area contributed by atoms with Crippen LogP contribution in [0.5, 0.6) is 11.5 Å². The van der Waals surface area contributed by atoms with Gasteiger partial charge in [-0.05, 0) is 54.6 Å². The van der Waals surface area contributed by atoms with Crippen molar-refractivity contribution in [3.63, 3.8) is 0 Å². The van der Waals surface area contributed by atoms with Gasteiger partial charge in [-0.25, -0.2) is 4.98 Å². The average molecular weight is 334 g/mol. The third kappa shape index (κ3) is 3.77. The van der Waals surface area contributed by atoms with Gasteiger partial charge in [0, 0.05) is 29.2 Å². The molecule has 0 N–H and O–H groups in total. The molecule has 0 radical (unpaired) electrons. The van der Waals surface area contributed by atoms with Crippen LogP contribution in [0, 0.1) is 0 Å². The van der Waals surface area contributed by atoms with Gasteiger partial charge in [0.15, 0.2) is 5.78 Å². The second-order valence-electron chi connectivity index (χ2n) is 5.32. The van der Waals surface area contributed by atoms with Crippen LogP contribution in [0.4, 0.5) is 0 Å². The number of methoxy groups -OCH3 is 2. The van der Waals surface area contributed by atoms with Crippen molar-refractivity contribution in [1.82, 2.24) is 9.55 Å². The van der Waals surface area contributed by atoms with E-state index in [-0.39, 0.29) is 5.78 Å². The van der Waals surface area contributed by atoms with E-state index in [1.165, 1.54) is 6.08 Å². The maximum Gasteiger partial charge on any atom is 0.185 e. The molecule has 5 nitrogen and oxygen atoms in total. The zero-order chi connectivity index (χ0) is 17.6. The highest BCUT2D eigenvalue weighted by atomic mass is 16.5. The number of hydrogen-bond donors (Lipinski definition) is 0. The summed E-state index contributed by atoms with van der Waals surface area (Å²) in [5.41, 5.74) is 2.35. The molecule has 5 heteroatoms. The Balaban J connectivity index is 1.79. The Kier molecular flexibility index (Phi) is 4.95. The van der Waals surface area contributed by atoms with E-state index < -0.39 is 0 Å². The van der Waals surface area contributed by atoms with E-state index in [0.29, 0.717) is 17.1 Å². The normalized spacial score (nSPS) is 10.8. The first-order chi connectivity index (χ1) is 12.2. The van der Waals surface area contributed by atoms with E-state index >= 15 is 0 Å². The fourth-order valence-corrected chi connectivity index (χ4v) is 2.44. The molecular weight excluding hydrogens is 316 g/mol. The molecule has 126 valence electrons. The molecule has 0 unspecified atom stereocenters. The monoisotopic (exact) mass is 334 g/mol. The number of hydrogen-bond acceptors (Lipinski definition) is 4. The minimum Gasteiger partial charge on any atom is -0.497 e. The lowest BCUT2D eigenvalue weighted by Crippen LogP contribution is -1.96. The van der Waals surface area contributed by atoms with Gasteiger partial charge < -0.3 is 14.0 Å². The summed E-state index contributed by atoms with van der Waals surface area (Å²) >= 11 is 0. The SMILES string of the molecule is COc1ccc(OC)c(/C=C\C(=O)c2ccc(-n3ccnc3)cc2)c1. The van der Waals surface area contributed by atoms with Gasteiger partial charge in [-0.1, -0.05) is 0 Å². The topological polar surface area (TPSA) is 53.4 Å². The van der Waals surface area contributed by atoms with Crippen molar-refractivity contribution < 1.29 is 14.3 Å². The second kappa shape index (κ2) is 7.49. The Hall–Kier alpha value is -3.34. The summed E-state index contributed by atoms with van der Waals surface area (Å²) in [6, 6.07) is 12.8. The lowest BCUT2D eigenvalue weighted by molar-refractivity contribution is 0.104. The number of ether oxygens (including phenoxy) is 2. The summed E-state index contributed by atoms with van der Waals surface area (Å²) < 4.78 is 12.4. The number of rotatable bonds is 6. The number of imidazole rings is 1. The number of allylic oxidation sites excluding steroid dienone is 1. The van der Waals surface area contributed by atoms with Crippen molar-refractivity contribution in [2.75, 3.05) is 14.2 Å². The molecule has 0 aliphatic heterocycles. The summed E-state index contributed by atoms with van der Waals surface area (Å²) in [4.78, 5) is 16.4. The van der Waals surface area contributed by atoms with Crippen molar-refractivity contribution in [3.8, 4) is 17.2 Å². The molecule has 0 saturated heterocycles. The van der Waals surface area contributed by atoms with Crippen LogP contribution in [0.25, 0.3) is 11.8 Å². The maximum atomic E-state index is 12.4. The predicted molar refractivity (Wildman–Crippen MR) is 96.5 cm³/mol. The van der Waals surface area contributed by atoms with Crippen LogP contribution in [0.2, 0.25) is 0 Å².